The van der Waals surface area contributed by atoms with Gasteiger partial charge in [-0.05, 0) is 48.8 Å². The molecule has 0 aliphatic heterocycles. The zero-order valence-electron chi connectivity index (χ0n) is 10.3. The van der Waals surface area contributed by atoms with Crippen LogP contribution in [0.25, 0.3) is 0 Å². The molecule has 88 valence electrons. The molecule has 0 radical (unpaired) electrons. The fraction of sp³-hybridized carbons (Fsp3) is 0.600. The Labute approximate surface area is 99.0 Å². The van der Waals surface area contributed by atoms with Crippen molar-refractivity contribution < 1.29 is 0 Å². The van der Waals surface area contributed by atoms with E-state index in [0.717, 1.165) is 6.42 Å². The van der Waals surface area contributed by atoms with Crippen LogP contribution in [0.15, 0.2) is 18.2 Å². The molecule has 2 N–H and O–H groups in total. The van der Waals surface area contributed by atoms with Gasteiger partial charge < -0.3 is 5.73 Å². The van der Waals surface area contributed by atoms with Crippen LogP contribution in [0.3, 0.4) is 0 Å². The smallest absolute Gasteiger partial charge is 0.0297 e. The third kappa shape index (κ3) is 2.65. The van der Waals surface area contributed by atoms with Crippen molar-refractivity contribution in [3.8, 4) is 0 Å². The van der Waals surface area contributed by atoms with E-state index in [-0.39, 0.29) is 6.04 Å². The van der Waals surface area contributed by atoms with E-state index in [1.807, 2.05) is 0 Å². The predicted octanol–water partition coefficient (Wildman–Crippen LogP) is 3.76. The lowest BCUT2D eigenvalue weighted by Gasteiger charge is -2.14. The molecular weight excluding hydrogens is 194 g/mol. The van der Waals surface area contributed by atoms with Gasteiger partial charge in [0, 0.05) is 6.04 Å². The number of rotatable bonds is 3. The highest BCUT2D eigenvalue weighted by molar-refractivity contribution is 5.35. The number of aryl methyl sites for hydroxylation is 2. The van der Waals surface area contributed by atoms with Crippen molar-refractivity contribution in [2.45, 2.75) is 57.9 Å². The Morgan fingerprint density at radius 3 is 3.00 bits per heavy atom. The van der Waals surface area contributed by atoms with Crippen molar-refractivity contribution >= 4 is 0 Å². The Morgan fingerprint density at radius 2 is 2.19 bits per heavy atom. The molecule has 0 bridgehead atoms. The third-order valence-electron chi connectivity index (χ3n) is 3.64. The van der Waals surface area contributed by atoms with Gasteiger partial charge in [0.05, 0.1) is 0 Å². The molecule has 16 heavy (non-hydrogen) atoms. The van der Waals surface area contributed by atoms with Crippen LogP contribution >= 0.6 is 0 Å². The Hall–Kier alpha value is -0.820. The summed E-state index contributed by atoms with van der Waals surface area (Å²) in [6, 6.07) is 7.25. The monoisotopic (exact) mass is 217 g/mol. The molecule has 1 aliphatic rings. The van der Waals surface area contributed by atoms with Gasteiger partial charge in [0.15, 0.2) is 0 Å². The summed E-state index contributed by atoms with van der Waals surface area (Å²) >= 11 is 0. The summed E-state index contributed by atoms with van der Waals surface area (Å²) in [6.45, 7) is 2.25. The Kier molecular flexibility index (Phi) is 4.00. The number of nitrogens with two attached hydrogens (primary N) is 1. The lowest BCUT2D eigenvalue weighted by Crippen LogP contribution is -2.10. The molecule has 1 aromatic rings. The van der Waals surface area contributed by atoms with Gasteiger partial charge in [0.25, 0.3) is 0 Å². The van der Waals surface area contributed by atoms with Crippen LogP contribution in [-0.2, 0) is 12.8 Å². The maximum absolute atomic E-state index is 6.24. The van der Waals surface area contributed by atoms with Crippen LogP contribution in [0, 0.1) is 0 Å². The third-order valence-corrected chi connectivity index (χ3v) is 3.64. The number of benzene rings is 1. The van der Waals surface area contributed by atoms with Crippen LogP contribution in [0.1, 0.15) is 61.8 Å². The quantitative estimate of drug-likeness (QED) is 0.767. The number of hydrogen-bond donors (Lipinski definition) is 1. The van der Waals surface area contributed by atoms with E-state index in [0.29, 0.717) is 0 Å². The number of fused-ring (bicyclic) bond motifs is 1. The largest absolute Gasteiger partial charge is 0.324 e. The van der Waals surface area contributed by atoms with Crippen LogP contribution in [0.2, 0.25) is 0 Å². The van der Waals surface area contributed by atoms with E-state index in [9.17, 15) is 0 Å². The lowest BCUT2D eigenvalue weighted by molar-refractivity contribution is 0.614. The Morgan fingerprint density at radius 1 is 1.31 bits per heavy atom. The molecule has 0 amide bonds. The first kappa shape index (κ1) is 11.7. The summed E-state index contributed by atoms with van der Waals surface area (Å²) in [7, 11) is 0. The fourth-order valence-corrected chi connectivity index (χ4v) is 2.59. The second kappa shape index (κ2) is 5.49. The molecular formula is C15H23N. The predicted molar refractivity (Wildman–Crippen MR) is 69.5 cm³/mol. The molecule has 1 aromatic carbocycles. The molecule has 1 aliphatic carbocycles. The second-order valence-corrected chi connectivity index (χ2v) is 4.99. The molecule has 2 rings (SSSR count). The SMILES string of the molecule is CCCCc1ccc2c(c1)[C@@H](N)CCCC2. The van der Waals surface area contributed by atoms with Gasteiger partial charge in [0.1, 0.15) is 0 Å². The van der Waals surface area contributed by atoms with E-state index >= 15 is 0 Å². The molecule has 0 saturated heterocycles. The molecule has 1 heteroatoms. The minimum absolute atomic E-state index is 0.277. The second-order valence-electron chi connectivity index (χ2n) is 4.99. The standard InChI is InChI=1S/C15H23N/c1-2-3-6-12-9-10-13-7-4-5-8-15(16)14(13)11-12/h9-11,15H,2-8,16H2,1H3/t15-/m0/s1. The van der Waals surface area contributed by atoms with Crippen molar-refractivity contribution in [3.63, 3.8) is 0 Å². The van der Waals surface area contributed by atoms with E-state index in [4.69, 9.17) is 5.73 Å². The average molecular weight is 217 g/mol. The first-order valence-electron chi connectivity index (χ1n) is 6.68. The van der Waals surface area contributed by atoms with E-state index in [1.54, 1.807) is 0 Å². The van der Waals surface area contributed by atoms with E-state index in [2.05, 4.69) is 25.1 Å². The average Bonchev–Trinajstić information content (AvgIpc) is 2.49. The Bertz CT molecular complexity index is 343. The topological polar surface area (TPSA) is 26.0 Å². The van der Waals surface area contributed by atoms with E-state index < -0.39 is 0 Å². The van der Waals surface area contributed by atoms with Crippen molar-refractivity contribution in [2.75, 3.05) is 0 Å². The summed E-state index contributed by atoms with van der Waals surface area (Å²) in [5, 5.41) is 0. The van der Waals surface area contributed by atoms with Crippen molar-refractivity contribution in [1.29, 1.82) is 0 Å². The van der Waals surface area contributed by atoms with E-state index in [1.165, 1.54) is 55.2 Å². The van der Waals surface area contributed by atoms with Crippen LogP contribution in [-0.4, -0.2) is 0 Å². The van der Waals surface area contributed by atoms with Crippen molar-refractivity contribution in [3.05, 3.63) is 34.9 Å². The van der Waals surface area contributed by atoms with Gasteiger partial charge in [0.2, 0.25) is 0 Å². The molecule has 0 heterocycles. The van der Waals surface area contributed by atoms with Gasteiger partial charge in [-0.25, -0.2) is 0 Å². The fourth-order valence-electron chi connectivity index (χ4n) is 2.59. The minimum Gasteiger partial charge on any atom is -0.324 e. The van der Waals surface area contributed by atoms with Crippen LogP contribution in [0.5, 0.6) is 0 Å². The summed E-state index contributed by atoms with van der Waals surface area (Å²) in [5.41, 5.74) is 10.6. The molecule has 0 unspecified atom stereocenters. The maximum Gasteiger partial charge on any atom is 0.0297 e. The van der Waals surface area contributed by atoms with Gasteiger partial charge in [-0.15, -0.1) is 0 Å². The molecule has 1 nitrogen and oxygen atoms in total. The van der Waals surface area contributed by atoms with Gasteiger partial charge in [-0.1, -0.05) is 38.0 Å². The first-order valence-corrected chi connectivity index (χ1v) is 6.68. The molecule has 0 aromatic heterocycles. The summed E-state index contributed by atoms with van der Waals surface area (Å²) < 4.78 is 0. The van der Waals surface area contributed by atoms with Crippen LogP contribution in [0.4, 0.5) is 0 Å². The zero-order chi connectivity index (χ0) is 11.4. The van der Waals surface area contributed by atoms with Crippen LogP contribution < -0.4 is 5.73 Å². The highest BCUT2D eigenvalue weighted by Crippen LogP contribution is 2.28. The molecule has 0 fully saturated rings. The van der Waals surface area contributed by atoms with Gasteiger partial charge in [-0.3, -0.25) is 0 Å². The highest BCUT2D eigenvalue weighted by Gasteiger charge is 2.15. The summed E-state index contributed by atoms with van der Waals surface area (Å²) in [4.78, 5) is 0. The normalized spacial score (nSPS) is 20.2. The number of hydrogen-bond acceptors (Lipinski definition) is 1. The molecule has 0 saturated carbocycles. The molecule has 1 atom stereocenters. The van der Waals surface area contributed by atoms with Gasteiger partial charge in [-0.2, -0.15) is 0 Å². The first-order chi connectivity index (χ1) is 7.81. The summed E-state index contributed by atoms with van der Waals surface area (Å²) in [6.07, 6.45) is 8.71. The lowest BCUT2D eigenvalue weighted by atomic mass is 9.95. The minimum atomic E-state index is 0.277. The maximum atomic E-state index is 6.24. The van der Waals surface area contributed by atoms with Gasteiger partial charge >= 0.3 is 0 Å². The van der Waals surface area contributed by atoms with Crippen molar-refractivity contribution in [2.24, 2.45) is 5.73 Å². The molecule has 0 spiro atoms. The van der Waals surface area contributed by atoms with Crippen molar-refractivity contribution in [1.82, 2.24) is 0 Å². The summed E-state index contributed by atoms with van der Waals surface area (Å²) in [5.74, 6) is 0. The number of unbranched alkanes of at least 4 members (excludes halogenated alkanes) is 1. The zero-order valence-corrected chi connectivity index (χ0v) is 10.3. The Balaban J connectivity index is 2.21. The highest BCUT2D eigenvalue weighted by atomic mass is 14.6.